The molecule has 0 aliphatic heterocycles. The van der Waals surface area contributed by atoms with E-state index in [0.29, 0.717) is 19.3 Å². The third kappa shape index (κ3) is 45.3. The third-order valence-corrected chi connectivity index (χ3v) is 9.70. The maximum atomic E-state index is 12.7. The molecule has 0 rings (SSSR count). The first kappa shape index (κ1) is 55.3. The van der Waals surface area contributed by atoms with Crippen molar-refractivity contribution >= 4 is 17.9 Å². The van der Waals surface area contributed by atoms with Crippen LogP contribution in [0.4, 0.5) is 0 Å². The molecule has 0 aliphatic rings. The van der Waals surface area contributed by atoms with E-state index in [1.54, 1.807) is 0 Å². The molecular weight excluding hydrogens is 733 g/mol. The molecule has 0 amide bonds. The maximum absolute atomic E-state index is 12.7. The highest BCUT2D eigenvalue weighted by Crippen LogP contribution is 2.13. The molecule has 0 saturated heterocycles. The lowest BCUT2D eigenvalue weighted by Gasteiger charge is -2.18. The Balaban J connectivity index is 4.48. The van der Waals surface area contributed by atoms with Crippen LogP contribution in [0.1, 0.15) is 201 Å². The molecule has 6 heteroatoms. The Morgan fingerprint density at radius 2 is 0.661 bits per heavy atom. The topological polar surface area (TPSA) is 78.9 Å². The molecule has 1 atom stereocenters. The molecule has 0 N–H and O–H groups in total. The van der Waals surface area contributed by atoms with Gasteiger partial charge in [-0.15, -0.1) is 0 Å². The molecule has 0 aromatic rings. The Morgan fingerprint density at radius 1 is 0.356 bits per heavy atom. The average Bonchev–Trinajstić information content (AvgIpc) is 3.23. The number of ether oxygens (including phenoxy) is 3. The summed E-state index contributed by atoms with van der Waals surface area (Å²) in [5.74, 6) is -0.961. The fraction of sp³-hybridized carbons (Fsp3) is 0.642. The predicted molar refractivity (Wildman–Crippen MR) is 251 cm³/mol. The van der Waals surface area contributed by atoms with E-state index in [-0.39, 0.29) is 31.1 Å². The van der Waals surface area contributed by atoms with Gasteiger partial charge in [-0.1, -0.05) is 195 Å². The minimum absolute atomic E-state index is 0.101. The van der Waals surface area contributed by atoms with E-state index in [4.69, 9.17) is 14.2 Å². The lowest BCUT2D eigenvalue weighted by atomic mass is 10.1. The summed E-state index contributed by atoms with van der Waals surface area (Å²) in [4.78, 5) is 37.8. The van der Waals surface area contributed by atoms with Crippen molar-refractivity contribution in [3.8, 4) is 0 Å². The first-order valence-corrected chi connectivity index (χ1v) is 23.8. The Hall–Kier alpha value is -3.67. The van der Waals surface area contributed by atoms with Gasteiger partial charge in [0, 0.05) is 19.3 Å². The molecule has 0 aromatic carbocycles. The maximum Gasteiger partial charge on any atom is 0.306 e. The number of rotatable bonds is 41. The lowest BCUT2D eigenvalue weighted by molar-refractivity contribution is -0.167. The molecule has 6 nitrogen and oxygen atoms in total. The SMILES string of the molecule is CC/C=C/C=C/C=C/CCCCCCCC(=O)OCC(COC(=O)CCCCCCCC/C=C/C=C/CCCCC)OC(=O)CCCCCCC/C=C/C=C/C=C/CC. The first-order valence-electron chi connectivity index (χ1n) is 23.8. The zero-order valence-corrected chi connectivity index (χ0v) is 38.0. The fourth-order valence-electron chi connectivity index (χ4n) is 6.14. The van der Waals surface area contributed by atoms with Crippen molar-refractivity contribution in [1.29, 1.82) is 0 Å². The summed E-state index contributed by atoms with van der Waals surface area (Å²) in [7, 11) is 0. The van der Waals surface area contributed by atoms with Crippen LogP contribution in [0.5, 0.6) is 0 Å². The Kier molecular flexibility index (Phi) is 44.1. The van der Waals surface area contributed by atoms with Gasteiger partial charge in [0.05, 0.1) is 0 Å². The van der Waals surface area contributed by atoms with Crippen molar-refractivity contribution in [3.05, 3.63) is 97.2 Å². The minimum atomic E-state index is -0.801. The molecule has 0 bridgehead atoms. The molecule has 59 heavy (non-hydrogen) atoms. The van der Waals surface area contributed by atoms with E-state index in [1.165, 1.54) is 44.9 Å². The summed E-state index contributed by atoms with van der Waals surface area (Å²) in [6, 6.07) is 0. The van der Waals surface area contributed by atoms with E-state index in [2.05, 4.69) is 112 Å². The number of hydrogen-bond donors (Lipinski definition) is 0. The zero-order valence-electron chi connectivity index (χ0n) is 38.0. The largest absolute Gasteiger partial charge is 0.462 e. The monoisotopic (exact) mass is 819 g/mol. The molecule has 0 radical (unpaired) electrons. The molecule has 0 saturated carbocycles. The zero-order chi connectivity index (χ0) is 43.0. The van der Waals surface area contributed by atoms with Crippen molar-refractivity contribution in [2.75, 3.05) is 13.2 Å². The van der Waals surface area contributed by atoms with Gasteiger partial charge in [-0.05, 0) is 83.5 Å². The van der Waals surface area contributed by atoms with Crippen LogP contribution in [0.3, 0.4) is 0 Å². The Bertz CT molecular complexity index is 1220. The van der Waals surface area contributed by atoms with Gasteiger partial charge in [0.25, 0.3) is 0 Å². The number of allylic oxidation sites excluding steroid dienone is 16. The van der Waals surface area contributed by atoms with Crippen LogP contribution >= 0.6 is 0 Å². The summed E-state index contributed by atoms with van der Waals surface area (Å²) in [5.41, 5.74) is 0. The van der Waals surface area contributed by atoms with Crippen LogP contribution in [0.2, 0.25) is 0 Å². The van der Waals surface area contributed by atoms with Crippen LogP contribution in [0.25, 0.3) is 0 Å². The summed E-state index contributed by atoms with van der Waals surface area (Å²) < 4.78 is 16.7. The van der Waals surface area contributed by atoms with Gasteiger partial charge in [-0.2, -0.15) is 0 Å². The van der Waals surface area contributed by atoms with Gasteiger partial charge >= 0.3 is 17.9 Å². The second kappa shape index (κ2) is 47.0. The smallest absolute Gasteiger partial charge is 0.306 e. The summed E-state index contributed by atoms with van der Waals surface area (Å²) >= 11 is 0. The predicted octanol–water partition coefficient (Wildman–Crippen LogP) is 15.4. The van der Waals surface area contributed by atoms with Gasteiger partial charge in [0.15, 0.2) is 6.10 Å². The van der Waals surface area contributed by atoms with Gasteiger partial charge < -0.3 is 14.2 Å². The van der Waals surface area contributed by atoms with Gasteiger partial charge in [-0.25, -0.2) is 0 Å². The number of esters is 3. The molecule has 0 spiro atoms. The molecule has 0 aliphatic carbocycles. The highest BCUT2D eigenvalue weighted by molar-refractivity contribution is 5.71. The Labute approximate surface area is 362 Å². The van der Waals surface area contributed by atoms with Crippen LogP contribution in [0, 0.1) is 0 Å². The van der Waals surface area contributed by atoms with Crippen LogP contribution < -0.4 is 0 Å². The number of unbranched alkanes of at least 4 members (excludes halogenated alkanes) is 19. The van der Waals surface area contributed by atoms with Crippen molar-refractivity contribution in [1.82, 2.24) is 0 Å². The van der Waals surface area contributed by atoms with Crippen molar-refractivity contribution in [2.45, 2.75) is 207 Å². The molecule has 0 fully saturated rings. The van der Waals surface area contributed by atoms with Gasteiger partial charge in [0.2, 0.25) is 0 Å². The highest BCUT2D eigenvalue weighted by atomic mass is 16.6. The summed E-state index contributed by atoms with van der Waals surface area (Å²) in [6.07, 6.45) is 61.0. The van der Waals surface area contributed by atoms with Crippen molar-refractivity contribution in [3.63, 3.8) is 0 Å². The lowest BCUT2D eigenvalue weighted by Crippen LogP contribution is -2.30. The highest BCUT2D eigenvalue weighted by Gasteiger charge is 2.19. The molecule has 0 heterocycles. The normalized spacial score (nSPS) is 12.9. The molecular formula is C53H86O6. The van der Waals surface area contributed by atoms with Crippen molar-refractivity contribution in [2.24, 2.45) is 0 Å². The standard InChI is InChI=1S/C53H86O6/c1-4-7-10-13-16-19-22-25-26-29-31-34-37-40-43-46-52(55)58-49-50(59-53(56)47-44-41-38-35-32-28-24-21-18-15-12-9-6-3)48-57-51(54)45-42-39-36-33-30-27-23-20-17-14-11-8-5-2/h8-9,11-12,14-25,50H,4-7,10,13,26-49H2,1-3H3/b11-8+,12-9+,17-14+,18-15+,19-16+,23-20+,24-21+,25-22+. The summed E-state index contributed by atoms with van der Waals surface area (Å²) in [5, 5.41) is 0. The van der Waals surface area contributed by atoms with E-state index >= 15 is 0 Å². The van der Waals surface area contributed by atoms with Crippen LogP contribution in [-0.2, 0) is 28.6 Å². The third-order valence-electron chi connectivity index (χ3n) is 9.70. The number of carbonyl (C=O) groups is 3. The van der Waals surface area contributed by atoms with Gasteiger partial charge in [-0.3, -0.25) is 14.4 Å². The van der Waals surface area contributed by atoms with E-state index in [0.717, 1.165) is 116 Å². The fourth-order valence-corrected chi connectivity index (χ4v) is 6.14. The van der Waals surface area contributed by atoms with E-state index in [9.17, 15) is 14.4 Å². The van der Waals surface area contributed by atoms with E-state index in [1.807, 2.05) is 6.08 Å². The first-order chi connectivity index (χ1) is 29.0. The second-order valence-corrected chi connectivity index (χ2v) is 15.4. The van der Waals surface area contributed by atoms with E-state index < -0.39 is 6.10 Å². The Morgan fingerprint density at radius 3 is 1.03 bits per heavy atom. The van der Waals surface area contributed by atoms with Crippen LogP contribution in [-0.4, -0.2) is 37.2 Å². The van der Waals surface area contributed by atoms with Crippen molar-refractivity contribution < 1.29 is 28.6 Å². The number of carbonyl (C=O) groups excluding carboxylic acids is 3. The van der Waals surface area contributed by atoms with Gasteiger partial charge in [0.1, 0.15) is 13.2 Å². The average molecular weight is 819 g/mol. The second-order valence-electron chi connectivity index (χ2n) is 15.4. The number of hydrogen-bond acceptors (Lipinski definition) is 6. The quantitative estimate of drug-likeness (QED) is 0.0265. The van der Waals surface area contributed by atoms with Crippen LogP contribution in [0.15, 0.2) is 97.2 Å². The molecule has 334 valence electrons. The summed E-state index contributed by atoms with van der Waals surface area (Å²) in [6.45, 7) is 6.27. The minimum Gasteiger partial charge on any atom is -0.462 e. The molecule has 1 unspecified atom stereocenters. The molecule has 0 aromatic heterocycles.